The lowest BCUT2D eigenvalue weighted by molar-refractivity contribution is 0.215. The van der Waals surface area contributed by atoms with Gasteiger partial charge in [-0.25, -0.2) is 0 Å². The van der Waals surface area contributed by atoms with Crippen LogP contribution in [0.2, 0.25) is 0 Å². The Morgan fingerprint density at radius 1 is 0.875 bits per heavy atom. The van der Waals surface area contributed by atoms with E-state index in [1.165, 1.54) is 16.7 Å². The van der Waals surface area contributed by atoms with Gasteiger partial charge in [0.1, 0.15) is 0 Å². The smallest absolute Gasteiger partial charge is 0.161 e. The van der Waals surface area contributed by atoms with Gasteiger partial charge in [-0.2, -0.15) is 0 Å². The molecule has 0 aliphatic carbocycles. The van der Waals surface area contributed by atoms with Crippen LogP contribution < -0.4 is 9.47 Å². The highest BCUT2D eigenvalue weighted by atomic mass is 16.5. The summed E-state index contributed by atoms with van der Waals surface area (Å²) in [6, 6.07) is 15.5. The van der Waals surface area contributed by atoms with Crippen molar-refractivity contribution in [2.45, 2.75) is 39.8 Å². The van der Waals surface area contributed by atoms with Crippen LogP contribution >= 0.6 is 0 Å². The summed E-state index contributed by atoms with van der Waals surface area (Å²) >= 11 is 0. The molecule has 0 bridgehead atoms. The minimum atomic E-state index is 0.489. The van der Waals surface area contributed by atoms with E-state index in [0.717, 1.165) is 31.0 Å². The largest absolute Gasteiger partial charge is 0.493 e. The van der Waals surface area contributed by atoms with Crippen molar-refractivity contribution in [1.82, 2.24) is 4.90 Å². The lowest BCUT2D eigenvalue weighted by Crippen LogP contribution is -2.32. The van der Waals surface area contributed by atoms with E-state index < -0.39 is 0 Å². The molecule has 0 N–H and O–H groups in total. The second-order valence-corrected chi connectivity index (χ2v) is 6.49. The van der Waals surface area contributed by atoms with Crippen molar-refractivity contribution in [1.29, 1.82) is 0 Å². The second-order valence-electron chi connectivity index (χ2n) is 6.49. The topological polar surface area (TPSA) is 21.7 Å². The predicted molar refractivity (Wildman–Crippen MR) is 100.0 cm³/mol. The molecule has 130 valence electrons. The highest BCUT2D eigenvalue weighted by molar-refractivity contribution is 5.42. The van der Waals surface area contributed by atoms with E-state index in [-0.39, 0.29) is 0 Å². The Hall–Kier alpha value is -2.00. The molecule has 0 fully saturated rings. The minimum absolute atomic E-state index is 0.489. The standard InChI is InChI=1S/C21H29NO2/c1-16(2)22(13-12-18-8-6-17(3)7-9-18)15-19-10-11-20(23-4)21(14-19)24-5/h6-11,14,16H,12-13,15H2,1-5H3. The summed E-state index contributed by atoms with van der Waals surface area (Å²) in [5.74, 6) is 1.56. The van der Waals surface area contributed by atoms with Crippen LogP contribution in [0.1, 0.15) is 30.5 Å². The highest BCUT2D eigenvalue weighted by Gasteiger charge is 2.12. The van der Waals surface area contributed by atoms with Crippen LogP contribution in [0.4, 0.5) is 0 Å². The molecule has 0 atom stereocenters. The minimum Gasteiger partial charge on any atom is -0.493 e. The van der Waals surface area contributed by atoms with Gasteiger partial charge in [0.05, 0.1) is 14.2 Å². The summed E-state index contributed by atoms with van der Waals surface area (Å²) in [5, 5.41) is 0. The fraction of sp³-hybridized carbons (Fsp3) is 0.429. The zero-order valence-corrected chi connectivity index (χ0v) is 15.5. The van der Waals surface area contributed by atoms with Gasteiger partial charge in [-0.3, -0.25) is 4.90 Å². The lowest BCUT2D eigenvalue weighted by atomic mass is 10.1. The van der Waals surface area contributed by atoms with Crippen molar-refractivity contribution < 1.29 is 9.47 Å². The third-order valence-corrected chi connectivity index (χ3v) is 4.37. The molecule has 0 aromatic heterocycles. The molecular weight excluding hydrogens is 298 g/mol. The molecule has 2 aromatic carbocycles. The van der Waals surface area contributed by atoms with Gasteiger partial charge in [-0.15, -0.1) is 0 Å². The maximum Gasteiger partial charge on any atom is 0.161 e. The normalized spacial score (nSPS) is 11.1. The van der Waals surface area contributed by atoms with Gasteiger partial charge in [0.25, 0.3) is 0 Å². The quantitative estimate of drug-likeness (QED) is 0.714. The van der Waals surface area contributed by atoms with E-state index >= 15 is 0 Å². The van der Waals surface area contributed by atoms with Crippen molar-refractivity contribution in [2.24, 2.45) is 0 Å². The average Bonchev–Trinajstić information content (AvgIpc) is 2.59. The molecule has 24 heavy (non-hydrogen) atoms. The Kier molecular flexibility index (Phi) is 6.68. The molecule has 0 unspecified atom stereocenters. The van der Waals surface area contributed by atoms with E-state index in [1.54, 1.807) is 14.2 Å². The number of methoxy groups -OCH3 is 2. The first-order chi connectivity index (χ1) is 11.5. The molecule has 0 amide bonds. The first-order valence-electron chi connectivity index (χ1n) is 8.54. The number of hydrogen-bond donors (Lipinski definition) is 0. The Morgan fingerprint density at radius 2 is 1.50 bits per heavy atom. The summed E-state index contributed by atoms with van der Waals surface area (Å²) in [6.45, 7) is 8.56. The molecule has 0 saturated carbocycles. The summed E-state index contributed by atoms with van der Waals surface area (Å²) in [5.41, 5.74) is 3.94. The van der Waals surface area contributed by atoms with Crippen molar-refractivity contribution in [3.63, 3.8) is 0 Å². The monoisotopic (exact) mass is 327 g/mol. The van der Waals surface area contributed by atoms with Gasteiger partial charge in [-0.05, 0) is 50.5 Å². The summed E-state index contributed by atoms with van der Waals surface area (Å²) in [6.07, 6.45) is 1.06. The van der Waals surface area contributed by atoms with Crippen LogP contribution in [-0.4, -0.2) is 31.7 Å². The molecule has 3 heteroatoms. The van der Waals surface area contributed by atoms with E-state index in [2.05, 4.69) is 62.1 Å². The Labute approximate surface area is 146 Å². The lowest BCUT2D eigenvalue weighted by Gasteiger charge is -2.27. The predicted octanol–water partition coefficient (Wildman–Crippen LogP) is 4.47. The summed E-state index contributed by atoms with van der Waals surface area (Å²) < 4.78 is 10.7. The first-order valence-corrected chi connectivity index (χ1v) is 8.54. The van der Waals surface area contributed by atoms with E-state index in [1.807, 2.05) is 6.07 Å². The highest BCUT2D eigenvalue weighted by Crippen LogP contribution is 2.28. The van der Waals surface area contributed by atoms with Gasteiger partial charge in [-0.1, -0.05) is 35.9 Å². The molecule has 0 aliphatic rings. The first kappa shape index (κ1) is 18.3. The zero-order chi connectivity index (χ0) is 17.5. The number of benzene rings is 2. The molecule has 0 saturated heterocycles. The molecule has 0 aliphatic heterocycles. The van der Waals surface area contributed by atoms with E-state index in [0.29, 0.717) is 6.04 Å². The number of ether oxygens (including phenoxy) is 2. The van der Waals surface area contributed by atoms with Crippen LogP contribution in [0.15, 0.2) is 42.5 Å². The number of nitrogens with zero attached hydrogens (tertiary/aromatic N) is 1. The number of rotatable bonds is 8. The van der Waals surface area contributed by atoms with Crippen LogP contribution in [0.5, 0.6) is 11.5 Å². The third kappa shape index (κ3) is 5.00. The fourth-order valence-electron chi connectivity index (χ4n) is 2.76. The summed E-state index contributed by atoms with van der Waals surface area (Å²) in [4.78, 5) is 2.49. The van der Waals surface area contributed by atoms with Gasteiger partial charge in [0, 0.05) is 19.1 Å². The van der Waals surface area contributed by atoms with Gasteiger partial charge >= 0.3 is 0 Å². The van der Waals surface area contributed by atoms with Crippen LogP contribution in [0.3, 0.4) is 0 Å². The third-order valence-electron chi connectivity index (χ3n) is 4.37. The second kappa shape index (κ2) is 8.74. The number of aryl methyl sites for hydroxylation is 1. The Bertz CT molecular complexity index is 635. The van der Waals surface area contributed by atoms with Crippen LogP contribution in [0, 0.1) is 6.92 Å². The molecule has 0 heterocycles. The molecular formula is C21H29NO2. The van der Waals surface area contributed by atoms with Gasteiger partial charge in [0.2, 0.25) is 0 Å². The van der Waals surface area contributed by atoms with Gasteiger partial charge in [0.15, 0.2) is 11.5 Å². The van der Waals surface area contributed by atoms with Crippen molar-refractivity contribution >= 4 is 0 Å². The zero-order valence-electron chi connectivity index (χ0n) is 15.5. The molecule has 2 rings (SSSR count). The molecule has 0 spiro atoms. The van der Waals surface area contributed by atoms with Crippen molar-refractivity contribution in [3.8, 4) is 11.5 Å². The van der Waals surface area contributed by atoms with E-state index in [4.69, 9.17) is 9.47 Å². The Morgan fingerprint density at radius 3 is 2.08 bits per heavy atom. The SMILES string of the molecule is COc1ccc(CN(CCc2ccc(C)cc2)C(C)C)cc1OC. The number of hydrogen-bond acceptors (Lipinski definition) is 3. The van der Waals surface area contributed by atoms with Crippen LogP contribution in [0.25, 0.3) is 0 Å². The van der Waals surface area contributed by atoms with Crippen molar-refractivity contribution in [3.05, 3.63) is 59.2 Å². The average molecular weight is 327 g/mol. The van der Waals surface area contributed by atoms with Gasteiger partial charge < -0.3 is 9.47 Å². The fourth-order valence-corrected chi connectivity index (χ4v) is 2.76. The molecule has 2 aromatic rings. The molecule has 3 nitrogen and oxygen atoms in total. The maximum atomic E-state index is 5.42. The summed E-state index contributed by atoms with van der Waals surface area (Å²) in [7, 11) is 3.35. The maximum absolute atomic E-state index is 5.42. The van der Waals surface area contributed by atoms with E-state index in [9.17, 15) is 0 Å². The molecule has 0 radical (unpaired) electrons. The van der Waals surface area contributed by atoms with Crippen molar-refractivity contribution in [2.75, 3.05) is 20.8 Å². The van der Waals surface area contributed by atoms with Crippen LogP contribution in [-0.2, 0) is 13.0 Å². The Balaban J connectivity index is 2.04.